The van der Waals surface area contributed by atoms with Crippen LogP contribution in [-0.4, -0.2) is 50.8 Å². The number of hydrogen-bond acceptors (Lipinski definition) is 4. The molecule has 1 saturated heterocycles. The largest absolute Gasteiger partial charge is 0.482 e. The third-order valence-electron chi connectivity index (χ3n) is 3.83. The van der Waals surface area contributed by atoms with Gasteiger partial charge in [-0.2, -0.15) is 13.2 Å². The molecule has 1 heterocycles. The summed E-state index contributed by atoms with van der Waals surface area (Å²) in [6, 6.07) is 5.87. The number of amides is 1. The van der Waals surface area contributed by atoms with Crippen molar-refractivity contribution < 1.29 is 31.1 Å². The number of halogens is 3. The summed E-state index contributed by atoms with van der Waals surface area (Å²) in [6.45, 7) is -0.973. The third kappa shape index (κ3) is 5.89. The molecule has 1 aromatic rings. The third-order valence-corrected chi connectivity index (χ3v) is 5.13. The highest BCUT2D eigenvalue weighted by Crippen LogP contribution is 2.28. The van der Waals surface area contributed by atoms with Crippen LogP contribution in [0.4, 0.5) is 18.9 Å². The number of ether oxygens (including phenoxy) is 1. The zero-order valence-electron chi connectivity index (χ0n) is 13.5. The van der Waals surface area contributed by atoms with Gasteiger partial charge >= 0.3 is 6.18 Å². The Balaban J connectivity index is 1.97. The van der Waals surface area contributed by atoms with Crippen LogP contribution in [-0.2, 0) is 14.8 Å². The molecule has 0 spiro atoms. The van der Waals surface area contributed by atoms with E-state index < -0.39 is 28.7 Å². The quantitative estimate of drug-likeness (QED) is 0.850. The Morgan fingerprint density at radius 3 is 2.44 bits per heavy atom. The van der Waals surface area contributed by atoms with Crippen molar-refractivity contribution in [3.05, 3.63) is 24.3 Å². The molecule has 0 atom stereocenters. The maximum Gasteiger partial charge on any atom is 0.422 e. The van der Waals surface area contributed by atoms with Gasteiger partial charge < -0.3 is 10.1 Å². The van der Waals surface area contributed by atoms with Crippen molar-refractivity contribution >= 4 is 21.6 Å². The van der Waals surface area contributed by atoms with E-state index in [1.165, 1.54) is 22.5 Å². The standard InChI is InChI=1S/C15H19F3N2O4S/c1-25(22,23)20-8-6-11(7-9-20)14(21)19-12-4-2-3-5-13(12)24-10-15(16,17)18/h2-5,11H,6-10H2,1H3,(H,19,21). The predicted octanol–water partition coefficient (Wildman–Crippen LogP) is 2.24. The van der Waals surface area contributed by atoms with E-state index in [0.29, 0.717) is 12.8 Å². The van der Waals surface area contributed by atoms with E-state index in [2.05, 4.69) is 5.32 Å². The molecular formula is C15H19F3N2O4S. The Labute approximate surface area is 144 Å². The highest BCUT2D eigenvalue weighted by Gasteiger charge is 2.30. The number of carbonyl (C=O) groups excluding carboxylic acids is 1. The molecule has 1 aromatic carbocycles. The molecule has 2 rings (SSSR count). The maximum absolute atomic E-state index is 12.3. The number of alkyl halides is 3. The highest BCUT2D eigenvalue weighted by molar-refractivity contribution is 7.88. The van der Waals surface area contributed by atoms with Gasteiger partial charge in [0.15, 0.2) is 6.61 Å². The monoisotopic (exact) mass is 380 g/mol. The summed E-state index contributed by atoms with van der Waals surface area (Å²) in [7, 11) is -3.29. The maximum atomic E-state index is 12.3. The molecule has 0 saturated carbocycles. The first-order valence-corrected chi connectivity index (χ1v) is 9.45. The van der Waals surface area contributed by atoms with E-state index in [9.17, 15) is 26.4 Å². The lowest BCUT2D eigenvalue weighted by molar-refractivity contribution is -0.153. The molecule has 1 aliphatic rings. The van der Waals surface area contributed by atoms with Crippen LogP contribution in [0.1, 0.15) is 12.8 Å². The molecule has 0 aliphatic carbocycles. The summed E-state index contributed by atoms with van der Waals surface area (Å²) >= 11 is 0. The summed E-state index contributed by atoms with van der Waals surface area (Å²) in [6.07, 6.45) is -2.66. The lowest BCUT2D eigenvalue weighted by atomic mass is 9.97. The molecular weight excluding hydrogens is 361 g/mol. The van der Waals surface area contributed by atoms with Gasteiger partial charge in [0.1, 0.15) is 5.75 Å². The van der Waals surface area contributed by atoms with Crippen LogP contribution >= 0.6 is 0 Å². The van der Waals surface area contributed by atoms with Crippen LogP contribution in [0.15, 0.2) is 24.3 Å². The molecule has 140 valence electrons. The Morgan fingerprint density at radius 1 is 1.28 bits per heavy atom. The number of sulfonamides is 1. The van der Waals surface area contributed by atoms with Gasteiger partial charge in [0, 0.05) is 19.0 Å². The van der Waals surface area contributed by atoms with Crippen LogP contribution in [0.3, 0.4) is 0 Å². The van der Waals surface area contributed by atoms with Gasteiger partial charge in [0.25, 0.3) is 0 Å². The van der Waals surface area contributed by atoms with Crippen molar-refractivity contribution in [2.24, 2.45) is 5.92 Å². The molecule has 1 amide bonds. The summed E-state index contributed by atoms with van der Waals surface area (Å²) in [5.41, 5.74) is 0.155. The number of anilines is 1. The summed E-state index contributed by atoms with van der Waals surface area (Å²) in [4.78, 5) is 12.3. The lowest BCUT2D eigenvalue weighted by Crippen LogP contribution is -2.40. The van der Waals surface area contributed by atoms with Gasteiger partial charge in [0.2, 0.25) is 15.9 Å². The second kappa shape index (κ2) is 7.61. The van der Waals surface area contributed by atoms with E-state index >= 15 is 0 Å². The molecule has 1 N–H and O–H groups in total. The van der Waals surface area contributed by atoms with Crippen molar-refractivity contribution in [1.82, 2.24) is 4.31 Å². The Hall–Kier alpha value is -1.81. The number of piperidine rings is 1. The second-order valence-corrected chi connectivity index (χ2v) is 7.81. The van der Waals surface area contributed by atoms with E-state index in [1.54, 1.807) is 6.07 Å². The minimum absolute atomic E-state index is 0.0678. The van der Waals surface area contributed by atoms with Gasteiger partial charge in [-0.1, -0.05) is 12.1 Å². The fraction of sp³-hybridized carbons (Fsp3) is 0.533. The summed E-state index contributed by atoms with van der Waals surface area (Å²) in [5.74, 6) is -0.841. The number of nitrogens with zero attached hydrogens (tertiary/aromatic N) is 1. The summed E-state index contributed by atoms with van der Waals surface area (Å²) in [5, 5.41) is 2.57. The number of nitrogens with one attached hydrogen (secondary N) is 1. The van der Waals surface area contributed by atoms with Gasteiger partial charge in [-0.05, 0) is 25.0 Å². The lowest BCUT2D eigenvalue weighted by Gasteiger charge is -2.29. The fourth-order valence-corrected chi connectivity index (χ4v) is 3.41. The van der Waals surface area contributed by atoms with E-state index in [-0.39, 0.29) is 30.4 Å². The molecule has 10 heteroatoms. The summed E-state index contributed by atoms with van der Waals surface area (Å²) < 4.78 is 65.8. The van der Waals surface area contributed by atoms with Crippen LogP contribution in [0.25, 0.3) is 0 Å². The van der Waals surface area contributed by atoms with E-state index in [4.69, 9.17) is 4.74 Å². The van der Waals surface area contributed by atoms with Gasteiger partial charge in [0.05, 0.1) is 11.9 Å². The first-order valence-electron chi connectivity index (χ1n) is 7.61. The normalized spacial score (nSPS) is 17.3. The van der Waals surface area contributed by atoms with Crippen molar-refractivity contribution in [2.75, 3.05) is 31.3 Å². The Kier molecular flexibility index (Phi) is 5.94. The van der Waals surface area contributed by atoms with E-state index in [0.717, 1.165) is 6.26 Å². The van der Waals surface area contributed by atoms with Crippen molar-refractivity contribution in [2.45, 2.75) is 19.0 Å². The topological polar surface area (TPSA) is 75.7 Å². The molecule has 25 heavy (non-hydrogen) atoms. The number of carbonyl (C=O) groups is 1. The second-order valence-electron chi connectivity index (χ2n) is 5.83. The van der Waals surface area contributed by atoms with Crippen LogP contribution in [0.5, 0.6) is 5.75 Å². The Bertz CT molecular complexity index is 714. The smallest absolute Gasteiger partial charge is 0.422 e. The minimum atomic E-state index is -4.48. The van der Waals surface area contributed by atoms with Crippen LogP contribution < -0.4 is 10.1 Å². The van der Waals surface area contributed by atoms with Gasteiger partial charge in [-0.25, -0.2) is 12.7 Å². The zero-order chi connectivity index (χ0) is 18.7. The molecule has 6 nitrogen and oxygen atoms in total. The fourth-order valence-electron chi connectivity index (χ4n) is 2.54. The van der Waals surface area contributed by atoms with Gasteiger partial charge in [-0.3, -0.25) is 4.79 Å². The van der Waals surface area contributed by atoms with Crippen molar-refractivity contribution in [3.63, 3.8) is 0 Å². The van der Waals surface area contributed by atoms with Crippen molar-refractivity contribution in [3.8, 4) is 5.75 Å². The van der Waals surface area contributed by atoms with Crippen molar-refractivity contribution in [1.29, 1.82) is 0 Å². The van der Waals surface area contributed by atoms with E-state index in [1.807, 2.05) is 0 Å². The number of para-hydroxylation sites is 2. The number of benzene rings is 1. The molecule has 0 unspecified atom stereocenters. The number of hydrogen-bond donors (Lipinski definition) is 1. The molecule has 1 aliphatic heterocycles. The first kappa shape index (κ1) is 19.5. The average molecular weight is 380 g/mol. The molecule has 0 radical (unpaired) electrons. The molecule has 0 bridgehead atoms. The highest BCUT2D eigenvalue weighted by atomic mass is 32.2. The number of rotatable bonds is 5. The van der Waals surface area contributed by atoms with Crippen LogP contribution in [0.2, 0.25) is 0 Å². The Morgan fingerprint density at radius 2 is 1.88 bits per heavy atom. The molecule has 0 aromatic heterocycles. The predicted molar refractivity (Wildman–Crippen MR) is 85.8 cm³/mol. The SMILES string of the molecule is CS(=O)(=O)N1CCC(C(=O)Nc2ccccc2OCC(F)(F)F)CC1. The average Bonchev–Trinajstić information content (AvgIpc) is 2.52. The molecule has 1 fully saturated rings. The zero-order valence-corrected chi connectivity index (χ0v) is 14.4. The minimum Gasteiger partial charge on any atom is -0.482 e. The first-order chi connectivity index (χ1) is 11.6. The van der Waals surface area contributed by atoms with Gasteiger partial charge in [-0.15, -0.1) is 0 Å². The van der Waals surface area contributed by atoms with Crippen LogP contribution in [0, 0.1) is 5.92 Å².